The van der Waals surface area contributed by atoms with Crippen LogP contribution >= 0.6 is 11.8 Å². The van der Waals surface area contributed by atoms with Gasteiger partial charge < -0.3 is 10.8 Å². The van der Waals surface area contributed by atoms with Gasteiger partial charge in [0.05, 0.1) is 6.42 Å². The summed E-state index contributed by atoms with van der Waals surface area (Å²) >= 11 is 0.938. The summed E-state index contributed by atoms with van der Waals surface area (Å²) in [6.07, 6.45) is 3.60. The number of thioether (sulfide) groups is 1. The largest absolute Gasteiger partial charge is 0.510 e. The summed E-state index contributed by atoms with van der Waals surface area (Å²) in [4.78, 5) is 23.0. The van der Waals surface area contributed by atoms with E-state index in [1.807, 2.05) is 0 Å². The van der Waals surface area contributed by atoms with E-state index in [2.05, 4.69) is 6.58 Å². The van der Waals surface area contributed by atoms with Crippen LogP contribution in [0.4, 0.5) is 0 Å². The number of aliphatic hydroxyl groups is 1. The van der Waals surface area contributed by atoms with Gasteiger partial charge in [-0.1, -0.05) is 43.0 Å². The number of rotatable bonds is 5. The maximum absolute atomic E-state index is 11.8. The van der Waals surface area contributed by atoms with Gasteiger partial charge in [0.1, 0.15) is 10.5 Å². The van der Waals surface area contributed by atoms with Crippen molar-refractivity contribution in [2.45, 2.75) is 31.4 Å². The Hall–Kier alpha value is -1.49. The highest BCUT2D eigenvalue weighted by molar-refractivity contribution is 8.16. The summed E-state index contributed by atoms with van der Waals surface area (Å²) in [5, 5.41) is 10.0. The Morgan fingerprint density at radius 1 is 1.61 bits per heavy atom. The van der Waals surface area contributed by atoms with Gasteiger partial charge in [0.2, 0.25) is 11.0 Å². The molecule has 1 heterocycles. The highest BCUT2D eigenvalue weighted by Crippen LogP contribution is 2.47. The van der Waals surface area contributed by atoms with Crippen molar-refractivity contribution < 1.29 is 14.7 Å². The van der Waals surface area contributed by atoms with E-state index in [0.717, 1.165) is 17.3 Å². The number of primary amides is 1. The lowest BCUT2D eigenvalue weighted by Gasteiger charge is -2.23. The predicted octanol–water partition coefficient (Wildman–Crippen LogP) is 2.23. The van der Waals surface area contributed by atoms with E-state index in [-0.39, 0.29) is 17.3 Å². The molecule has 1 aliphatic rings. The summed E-state index contributed by atoms with van der Waals surface area (Å²) < 4.78 is -1.06. The van der Waals surface area contributed by atoms with Crippen molar-refractivity contribution in [3.8, 4) is 0 Å². The molecule has 5 heteroatoms. The van der Waals surface area contributed by atoms with Crippen LogP contribution in [0.3, 0.4) is 0 Å². The average molecular weight is 267 g/mol. The summed E-state index contributed by atoms with van der Waals surface area (Å²) in [6.45, 7) is 7.20. The zero-order chi connectivity index (χ0) is 13.9. The molecular formula is C13H17NO3S. The molecule has 1 amide bonds. The number of allylic oxidation sites excluding steroid dienone is 2. The fourth-order valence-electron chi connectivity index (χ4n) is 1.89. The number of aliphatic hydroxyl groups excluding tert-OH is 1. The van der Waals surface area contributed by atoms with E-state index >= 15 is 0 Å². The molecule has 0 bridgehead atoms. The van der Waals surface area contributed by atoms with Crippen molar-refractivity contribution in [2.24, 2.45) is 5.73 Å². The zero-order valence-corrected chi connectivity index (χ0v) is 11.3. The number of hydrogen-bond donors (Lipinski definition) is 2. The van der Waals surface area contributed by atoms with Crippen molar-refractivity contribution in [2.75, 3.05) is 0 Å². The van der Waals surface area contributed by atoms with Crippen LogP contribution in [0.2, 0.25) is 0 Å². The van der Waals surface area contributed by atoms with Gasteiger partial charge in [0.15, 0.2) is 0 Å². The smallest absolute Gasteiger partial charge is 0.220 e. The average Bonchev–Trinajstić information content (AvgIpc) is 2.49. The van der Waals surface area contributed by atoms with Crippen LogP contribution in [0.1, 0.15) is 26.7 Å². The normalized spacial score (nSPS) is 24.6. The lowest BCUT2D eigenvalue weighted by atomic mass is 9.95. The van der Waals surface area contributed by atoms with Crippen LogP contribution in [0.15, 0.2) is 35.6 Å². The van der Waals surface area contributed by atoms with Crippen LogP contribution in [0.5, 0.6) is 0 Å². The minimum Gasteiger partial charge on any atom is -0.510 e. The molecule has 0 spiro atoms. The molecule has 18 heavy (non-hydrogen) atoms. The molecular weight excluding hydrogens is 250 g/mol. The molecule has 0 saturated carbocycles. The van der Waals surface area contributed by atoms with Crippen LogP contribution < -0.4 is 5.73 Å². The van der Waals surface area contributed by atoms with Gasteiger partial charge in [-0.15, -0.1) is 0 Å². The first-order chi connectivity index (χ1) is 8.36. The molecule has 0 aromatic rings. The molecule has 0 unspecified atom stereocenters. The molecule has 0 saturated heterocycles. The summed E-state index contributed by atoms with van der Waals surface area (Å²) in [5.74, 6) is -0.618. The lowest BCUT2D eigenvalue weighted by molar-refractivity contribution is -0.118. The second-order valence-electron chi connectivity index (χ2n) is 4.20. The third-order valence-electron chi connectivity index (χ3n) is 2.78. The molecule has 0 fully saturated rings. The van der Waals surface area contributed by atoms with Crippen molar-refractivity contribution in [1.82, 2.24) is 0 Å². The van der Waals surface area contributed by atoms with Crippen molar-refractivity contribution in [3.05, 3.63) is 35.6 Å². The van der Waals surface area contributed by atoms with Gasteiger partial charge in [0.25, 0.3) is 0 Å². The van der Waals surface area contributed by atoms with Crippen molar-refractivity contribution in [3.63, 3.8) is 0 Å². The van der Waals surface area contributed by atoms with E-state index < -0.39 is 10.7 Å². The topological polar surface area (TPSA) is 80.4 Å². The molecule has 3 N–H and O–H groups in total. The minimum absolute atomic E-state index is 0.0556. The third kappa shape index (κ3) is 2.67. The third-order valence-corrected chi connectivity index (χ3v) is 4.03. The monoisotopic (exact) mass is 267 g/mol. The Morgan fingerprint density at radius 3 is 2.61 bits per heavy atom. The van der Waals surface area contributed by atoms with Gasteiger partial charge in [-0.25, -0.2) is 0 Å². The molecule has 0 aromatic heterocycles. The first kappa shape index (κ1) is 14.6. The zero-order valence-electron chi connectivity index (χ0n) is 10.5. The first-order valence-corrected chi connectivity index (χ1v) is 6.44. The standard InChI is InChI=1S/C13H17NO3S/c1-4-8(3)6-13(7-10(14)15)11(16)9(5-2)12(17)18-13/h4,6,16H,1,5,7H2,2-3H3,(H2,14,15)/b8-6+/t13-/m1/s1. The van der Waals surface area contributed by atoms with Crippen LogP contribution in [-0.4, -0.2) is 20.9 Å². The Kier molecular flexibility index (Phi) is 4.40. The Bertz CT molecular complexity index is 465. The fraction of sp³-hybridized carbons (Fsp3) is 0.385. The molecule has 1 atom stereocenters. The van der Waals surface area contributed by atoms with Crippen LogP contribution in [0.25, 0.3) is 0 Å². The maximum Gasteiger partial charge on any atom is 0.220 e. The number of carbonyl (C=O) groups excluding carboxylic acids is 2. The quantitative estimate of drug-likeness (QED) is 0.748. The lowest BCUT2D eigenvalue weighted by Crippen LogP contribution is -2.30. The second-order valence-corrected chi connectivity index (χ2v) is 5.50. The maximum atomic E-state index is 11.8. The van der Waals surface area contributed by atoms with Gasteiger partial charge >= 0.3 is 0 Å². The van der Waals surface area contributed by atoms with Gasteiger partial charge in [-0.05, 0) is 13.3 Å². The molecule has 1 rings (SSSR count). The molecule has 0 aliphatic carbocycles. The second kappa shape index (κ2) is 5.44. The number of amides is 1. The van der Waals surface area contributed by atoms with Crippen molar-refractivity contribution in [1.29, 1.82) is 0 Å². The van der Waals surface area contributed by atoms with E-state index in [4.69, 9.17) is 5.73 Å². The van der Waals surface area contributed by atoms with E-state index in [9.17, 15) is 14.7 Å². The fourth-order valence-corrected chi connectivity index (χ4v) is 3.27. The summed E-state index contributed by atoms with van der Waals surface area (Å²) in [6, 6.07) is 0. The van der Waals surface area contributed by atoms with Crippen LogP contribution in [-0.2, 0) is 9.59 Å². The van der Waals surface area contributed by atoms with E-state index in [1.54, 1.807) is 26.0 Å². The van der Waals surface area contributed by atoms with E-state index in [0.29, 0.717) is 12.0 Å². The Labute approximate surface area is 111 Å². The number of carbonyl (C=O) groups is 2. The van der Waals surface area contributed by atoms with Gasteiger partial charge in [0, 0.05) is 5.57 Å². The van der Waals surface area contributed by atoms with Crippen molar-refractivity contribution >= 4 is 22.8 Å². The SMILES string of the molecule is C=C/C(C)=C/[C@]1(CC(N)=O)SC(=O)C(CC)=C1O. The summed E-state index contributed by atoms with van der Waals surface area (Å²) in [5.41, 5.74) is 6.35. The minimum atomic E-state index is -1.06. The van der Waals surface area contributed by atoms with Gasteiger partial charge in [-0.2, -0.15) is 0 Å². The first-order valence-electron chi connectivity index (χ1n) is 5.62. The van der Waals surface area contributed by atoms with E-state index in [1.165, 1.54) is 0 Å². The highest BCUT2D eigenvalue weighted by atomic mass is 32.2. The highest BCUT2D eigenvalue weighted by Gasteiger charge is 2.46. The molecule has 1 aliphatic heterocycles. The number of nitrogens with two attached hydrogens (primary N) is 1. The molecule has 98 valence electrons. The Balaban J connectivity index is 3.32. The Morgan fingerprint density at radius 2 is 2.22 bits per heavy atom. The van der Waals surface area contributed by atoms with Gasteiger partial charge in [-0.3, -0.25) is 9.59 Å². The molecule has 0 radical (unpaired) electrons. The summed E-state index contributed by atoms with van der Waals surface area (Å²) in [7, 11) is 0. The molecule has 0 aromatic carbocycles. The molecule has 4 nitrogen and oxygen atoms in total. The van der Waals surface area contributed by atoms with Crippen LogP contribution in [0, 0.1) is 0 Å². The predicted molar refractivity (Wildman–Crippen MR) is 73.0 cm³/mol. The number of hydrogen-bond acceptors (Lipinski definition) is 4.